The van der Waals surface area contributed by atoms with Gasteiger partial charge in [-0.3, -0.25) is 4.90 Å². The highest BCUT2D eigenvalue weighted by molar-refractivity contribution is 9.10. The van der Waals surface area contributed by atoms with Gasteiger partial charge in [0.05, 0.1) is 15.7 Å². The lowest BCUT2D eigenvalue weighted by Gasteiger charge is -2.26. The number of alkyl carbamates (subject to hydrolysis) is 1. The van der Waals surface area contributed by atoms with Crippen molar-refractivity contribution in [3.05, 3.63) is 31.7 Å². The van der Waals surface area contributed by atoms with Crippen LogP contribution in [0.5, 0.6) is 0 Å². The van der Waals surface area contributed by atoms with Gasteiger partial charge in [-0.15, -0.1) is 22.7 Å². The van der Waals surface area contributed by atoms with E-state index in [4.69, 9.17) is 9.47 Å². The largest absolute Gasteiger partial charge is 0.444 e. The molecule has 0 spiro atoms. The molecule has 0 saturated heterocycles. The molecule has 0 aliphatic carbocycles. The van der Waals surface area contributed by atoms with Gasteiger partial charge in [0.25, 0.3) is 0 Å². The maximum atomic E-state index is 13.2. The molecule has 1 N–H and O–H groups in total. The fourth-order valence-electron chi connectivity index (χ4n) is 3.04. The van der Waals surface area contributed by atoms with E-state index in [0.717, 1.165) is 29.4 Å². The number of nitrogens with zero attached hydrogens (tertiary/aromatic N) is 2. The molecule has 0 aliphatic heterocycles. The zero-order valence-electron chi connectivity index (χ0n) is 20.4. The van der Waals surface area contributed by atoms with Gasteiger partial charge in [-0.2, -0.15) is 4.37 Å². The molecule has 3 heterocycles. The number of carbonyl (C=O) groups is 2. The Morgan fingerprint density at radius 3 is 2.44 bits per heavy atom. The van der Waals surface area contributed by atoms with Crippen molar-refractivity contribution < 1.29 is 19.1 Å². The van der Waals surface area contributed by atoms with Crippen molar-refractivity contribution in [3.8, 4) is 0 Å². The van der Waals surface area contributed by atoms with Crippen LogP contribution in [0.25, 0.3) is 10.2 Å². The third kappa shape index (κ3) is 7.16. The standard InChI is InChI=1S/C23H30BrN3O4S3/c1-13(25-20(28)30-22(2,3)4)11-15-16(24)17-18(33-15)19(34-26-17)27(12-14-9-8-10-32-14)21(29)31-23(5,6)7/h8-10,13H,11-12H2,1-7H3,(H,25,28). The van der Waals surface area contributed by atoms with E-state index in [-0.39, 0.29) is 6.04 Å². The smallest absolute Gasteiger partial charge is 0.415 e. The van der Waals surface area contributed by atoms with Gasteiger partial charge >= 0.3 is 12.2 Å². The number of thiophene rings is 2. The molecule has 0 aromatic carbocycles. The first-order valence-corrected chi connectivity index (χ1v) is 14.1. The lowest BCUT2D eigenvalue weighted by Crippen LogP contribution is -2.38. The second kappa shape index (κ2) is 10.5. The third-order valence-corrected chi connectivity index (χ3v) is 8.50. The van der Waals surface area contributed by atoms with Crippen LogP contribution in [0.4, 0.5) is 14.6 Å². The summed E-state index contributed by atoms with van der Waals surface area (Å²) in [5.41, 5.74) is -0.357. The first-order valence-electron chi connectivity index (χ1n) is 10.8. The Morgan fingerprint density at radius 1 is 1.18 bits per heavy atom. The number of fused-ring (bicyclic) bond motifs is 1. The van der Waals surface area contributed by atoms with E-state index in [9.17, 15) is 9.59 Å². The van der Waals surface area contributed by atoms with Crippen LogP contribution < -0.4 is 10.2 Å². The fraction of sp³-hybridized carbons (Fsp3) is 0.522. The number of aromatic nitrogens is 1. The molecule has 1 unspecified atom stereocenters. The van der Waals surface area contributed by atoms with Crippen LogP contribution >= 0.6 is 50.1 Å². The van der Waals surface area contributed by atoms with E-state index < -0.39 is 23.4 Å². The Morgan fingerprint density at radius 2 is 1.85 bits per heavy atom. The average molecular weight is 589 g/mol. The van der Waals surface area contributed by atoms with Gasteiger partial charge in [0.1, 0.15) is 21.7 Å². The molecule has 3 aromatic rings. The molecule has 0 bridgehead atoms. The van der Waals surface area contributed by atoms with Crippen molar-refractivity contribution in [1.82, 2.24) is 9.69 Å². The predicted octanol–water partition coefficient (Wildman–Crippen LogP) is 7.58. The van der Waals surface area contributed by atoms with Crippen molar-refractivity contribution in [2.45, 2.75) is 78.7 Å². The highest BCUT2D eigenvalue weighted by Crippen LogP contribution is 2.44. The number of amides is 2. The molecule has 0 saturated carbocycles. The van der Waals surface area contributed by atoms with E-state index in [1.165, 1.54) is 11.5 Å². The maximum Gasteiger partial charge on any atom is 0.415 e. The van der Waals surface area contributed by atoms with E-state index in [1.807, 2.05) is 66.0 Å². The number of anilines is 1. The molecular formula is C23H30BrN3O4S3. The summed E-state index contributed by atoms with van der Waals surface area (Å²) in [4.78, 5) is 29.0. The van der Waals surface area contributed by atoms with E-state index >= 15 is 0 Å². The van der Waals surface area contributed by atoms with Crippen LogP contribution in [0, 0.1) is 0 Å². The highest BCUT2D eigenvalue weighted by Gasteiger charge is 2.29. The van der Waals surface area contributed by atoms with Gasteiger partial charge in [0, 0.05) is 22.2 Å². The number of halogens is 1. The Balaban J connectivity index is 1.86. The van der Waals surface area contributed by atoms with Crippen molar-refractivity contribution in [2.75, 3.05) is 4.90 Å². The van der Waals surface area contributed by atoms with Crippen molar-refractivity contribution in [3.63, 3.8) is 0 Å². The molecule has 0 radical (unpaired) electrons. The Bertz CT molecular complexity index is 1140. The number of hydrogen-bond donors (Lipinski definition) is 1. The molecule has 186 valence electrons. The molecule has 11 heteroatoms. The number of ether oxygens (including phenoxy) is 2. The average Bonchev–Trinajstić information content (AvgIpc) is 3.36. The molecule has 2 amide bonds. The van der Waals surface area contributed by atoms with E-state index in [1.54, 1.807) is 27.6 Å². The van der Waals surface area contributed by atoms with Crippen LogP contribution in [-0.4, -0.2) is 33.8 Å². The van der Waals surface area contributed by atoms with Crippen molar-refractivity contribution in [1.29, 1.82) is 0 Å². The maximum absolute atomic E-state index is 13.2. The SMILES string of the molecule is CC(Cc1sc2c(N(Cc3cccs3)C(=O)OC(C)(C)C)snc2c1Br)NC(=O)OC(C)(C)C. The minimum atomic E-state index is -0.613. The molecule has 34 heavy (non-hydrogen) atoms. The molecule has 7 nitrogen and oxygen atoms in total. The first kappa shape index (κ1) is 26.9. The lowest BCUT2D eigenvalue weighted by atomic mass is 10.2. The Labute approximate surface area is 220 Å². The van der Waals surface area contributed by atoms with Crippen LogP contribution in [0.2, 0.25) is 0 Å². The summed E-state index contributed by atoms with van der Waals surface area (Å²) in [5, 5.41) is 5.63. The van der Waals surface area contributed by atoms with Gasteiger partial charge < -0.3 is 14.8 Å². The van der Waals surface area contributed by atoms with E-state index in [2.05, 4.69) is 25.6 Å². The summed E-state index contributed by atoms with van der Waals surface area (Å²) in [6.07, 6.45) is -0.250. The molecule has 0 fully saturated rings. The van der Waals surface area contributed by atoms with Crippen LogP contribution in [-0.2, 0) is 22.4 Å². The molecular weight excluding hydrogens is 558 g/mol. The third-order valence-electron chi connectivity index (χ3n) is 4.32. The van der Waals surface area contributed by atoms with Gasteiger partial charge in [-0.1, -0.05) is 6.07 Å². The first-order chi connectivity index (χ1) is 15.7. The highest BCUT2D eigenvalue weighted by atomic mass is 79.9. The van der Waals surface area contributed by atoms with Crippen LogP contribution in [0.15, 0.2) is 22.0 Å². The minimum Gasteiger partial charge on any atom is -0.444 e. The van der Waals surface area contributed by atoms with Gasteiger partial charge in [-0.05, 0) is 87.4 Å². The molecule has 3 aromatic heterocycles. The molecule has 0 aliphatic rings. The number of rotatable bonds is 6. The summed E-state index contributed by atoms with van der Waals surface area (Å²) in [7, 11) is 0. The monoisotopic (exact) mass is 587 g/mol. The molecule has 3 rings (SSSR count). The van der Waals surface area contributed by atoms with E-state index in [0.29, 0.717) is 13.0 Å². The Hall–Kier alpha value is -1.69. The van der Waals surface area contributed by atoms with Gasteiger partial charge in [0.2, 0.25) is 0 Å². The summed E-state index contributed by atoms with van der Waals surface area (Å²) < 4.78 is 17.5. The second-order valence-electron chi connectivity index (χ2n) is 9.90. The number of nitrogens with one attached hydrogen (secondary N) is 1. The zero-order chi connectivity index (χ0) is 25.3. The fourth-order valence-corrected chi connectivity index (χ4v) is 6.95. The van der Waals surface area contributed by atoms with Gasteiger partial charge in [-0.25, -0.2) is 9.59 Å². The summed E-state index contributed by atoms with van der Waals surface area (Å²) >= 11 is 8.12. The summed E-state index contributed by atoms with van der Waals surface area (Å²) in [6, 6.07) is 3.82. The number of carbonyl (C=O) groups excluding carboxylic acids is 2. The van der Waals surface area contributed by atoms with Crippen molar-refractivity contribution >= 4 is 77.5 Å². The van der Waals surface area contributed by atoms with Crippen LogP contribution in [0.1, 0.15) is 58.2 Å². The summed E-state index contributed by atoms with van der Waals surface area (Å²) in [6.45, 7) is 13.4. The topological polar surface area (TPSA) is 80.8 Å². The predicted molar refractivity (Wildman–Crippen MR) is 144 cm³/mol. The van der Waals surface area contributed by atoms with Gasteiger partial charge in [0.15, 0.2) is 0 Å². The second-order valence-corrected chi connectivity index (χ2v) is 13.6. The minimum absolute atomic E-state index is 0.144. The lowest BCUT2D eigenvalue weighted by molar-refractivity contribution is 0.0507. The molecule has 1 atom stereocenters. The summed E-state index contributed by atoms with van der Waals surface area (Å²) in [5.74, 6) is 0. The normalized spacial score (nSPS) is 13.1. The van der Waals surface area contributed by atoms with Crippen molar-refractivity contribution in [2.24, 2.45) is 0 Å². The zero-order valence-corrected chi connectivity index (χ0v) is 24.4. The van der Waals surface area contributed by atoms with Crippen LogP contribution in [0.3, 0.4) is 0 Å². The Kier molecular flexibility index (Phi) is 8.32. The number of hydrogen-bond acceptors (Lipinski definition) is 8. The quantitative estimate of drug-likeness (QED) is 0.321.